The van der Waals surface area contributed by atoms with Crippen molar-refractivity contribution in [2.24, 2.45) is 0 Å². The van der Waals surface area contributed by atoms with E-state index in [-0.39, 0.29) is 12.2 Å². The summed E-state index contributed by atoms with van der Waals surface area (Å²) in [6.07, 6.45) is 2.22. The average Bonchev–Trinajstić information content (AvgIpc) is 2.22. The van der Waals surface area contributed by atoms with Crippen molar-refractivity contribution in [1.82, 2.24) is 0 Å². The van der Waals surface area contributed by atoms with Gasteiger partial charge in [-0.1, -0.05) is 0 Å². The number of anilines is 1. The van der Waals surface area contributed by atoms with Gasteiger partial charge in [0.05, 0.1) is 11.3 Å². The molecule has 88 valence electrons. The van der Waals surface area contributed by atoms with Crippen LogP contribution in [0.4, 0.5) is 18.9 Å². The maximum absolute atomic E-state index is 13.2. The van der Waals surface area contributed by atoms with Crippen molar-refractivity contribution in [3.05, 3.63) is 29.6 Å². The highest BCUT2D eigenvalue weighted by Gasteiger charge is 2.34. The van der Waals surface area contributed by atoms with Gasteiger partial charge in [0.2, 0.25) is 0 Å². The molecule has 5 heteroatoms. The third-order valence-electron chi connectivity index (χ3n) is 2.93. The van der Waals surface area contributed by atoms with E-state index >= 15 is 0 Å². The smallest absolute Gasteiger partial charge is 0.196 e. The van der Waals surface area contributed by atoms with E-state index < -0.39 is 23.1 Å². The van der Waals surface area contributed by atoms with Crippen LogP contribution in [0, 0.1) is 17.5 Å². The molecule has 0 amide bonds. The van der Waals surface area contributed by atoms with Crippen LogP contribution in [0.15, 0.2) is 12.1 Å². The molecule has 0 heterocycles. The summed E-state index contributed by atoms with van der Waals surface area (Å²) >= 11 is 0. The summed E-state index contributed by atoms with van der Waals surface area (Å²) in [6, 6.07) is 1.97. The lowest BCUT2D eigenvalue weighted by atomic mass is 9.80. The molecular weight excluding hydrogens is 219 g/mol. The van der Waals surface area contributed by atoms with Crippen molar-refractivity contribution in [1.29, 1.82) is 0 Å². The van der Waals surface area contributed by atoms with Crippen molar-refractivity contribution in [2.75, 3.05) is 11.9 Å². The molecule has 1 aliphatic rings. The second-order valence-electron chi connectivity index (χ2n) is 4.15. The Hall–Kier alpha value is -1.23. The molecule has 1 aromatic carbocycles. The summed E-state index contributed by atoms with van der Waals surface area (Å²) in [6.45, 7) is 0.148. The molecule has 0 aliphatic heterocycles. The second kappa shape index (κ2) is 3.97. The molecule has 0 atom stereocenters. The molecule has 0 bridgehead atoms. The number of nitrogens with one attached hydrogen (secondary N) is 1. The SMILES string of the molecule is OC1(CNc2ccc(F)c(F)c2F)CCC1. The van der Waals surface area contributed by atoms with Crippen LogP contribution in [-0.2, 0) is 0 Å². The lowest BCUT2D eigenvalue weighted by molar-refractivity contribution is -0.0202. The highest BCUT2D eigenvalue weighted by Crippen LogP contribution is 2.32. The van der Waals surface area contributed by atoms with Crippen LogP contribution in [0.3, 0.4) is 0 Å². The van der Waals surface area contributed by atoms with Gasteiger partial charge in [0, 0.05) is 6.54 Å². The first-order chi connectivity index (χ1) is 7.52. The fourth-order valence-electron chi connectivity index (χ4n) is 1.68. The highest BCUT2D eigenvalue weighted by molar-refractivity contribution is 5.45. The Morgan fingerprint density at radius 2 is 1.88 bits per heavy atom. The number of aliphatic hydroxyl groups is 1. The minimum atomic E-state index is -1.49. The van der Waals surface area contributed by atoms with Gasteiger partial charge in [-0.25, -0.2) is 13.2 Å². The van der Waals surface area contributed by atoms with Gasteiger partial charge >= 0.3 is 0 Å². The van der Waals surface area contributed by atoms with E-state index in [0.717, 1.165) is 18.6 Å². The molecule has 1 saturated carbocycles. The molecule has 0 unspecified atom stereocenters. The van der Waals surface area contributed by atoms with Crippen molar-refractivity contribution in [3.8, 4) is 0 Å². The van der Waals surface area contributed by atoms with Gasteiger partial charge in [-0.2, -0.15) is 0 Å². The van der Waals surface area contributed by atoms with Gasteiger partial charge in [0.25, 0.3) is 0 Å². The summed E-state index contributed by atoms with van der Waals surface area (Å²) in [5, 5.41) is 12.3. The Kier molecular flexibility index (Phi) is 2.80. The van der Waals surface area contributed by atoms with Gasteiger partial charge in [0.15, 0.2) is 17.5 Å². The number of halogens is 3. The predicted octanol–water partition coefficient (Wildman–Crippen LogP) is 2.43. The summed E-state index contributed by atoms with van der Waals surface area (Å²) in [5.41, 5.74) is -0.962. The zero-order valence-corrected chi connectivity index (χ0v) is 8.56. The summed E-state index contributed by atoms with van der Waals surface area (Å²) < 4.78 is 38.7. The largest absolute Gasteiger partial charge is 0.388 e. The Balaban J connectivity index is 2.07. The number of rotatable bonds is 3. The Morgan fingerprint density at radius 3 is 2.44 bits per heavy atom. The van der Waals surface area contributed by atoms with Crippen LogP contribution < -0.4 is 5.32 Å². The van der Waals surface area contributed by atoms with Crippen molar-refractivity contribution in [3.63, 3.8) is 0 Å². The Bertz CT molecular complexity index is 404. The van der Waals surface area contributed by atoms with Crippen LogP contribution in [0.1, 0.15) is 19.3 Å². The van der Waals surface area contributed by atoms with Gasteiger partial charge in [-0.15, -0.1) is 0 Å². The molecule has 0 spiro atoms. The molecule has 1 aromatic rings. The first kappa shape index (κ1) is 11.3. The van der Waals surface area contributed by atoms with E-state index in [1.54, 1.807) is 0 Å². The quantitative estimate of drug-likeness (QED) is 0.783. The van der Waals surface area contributed by atoms with E-state index in [1.165, 1.54) is 0 Å². The Labute approximate surface area is 91.1 Å². The molecule has 1 aliphatic carbocycles. The first-order valence-corrected chi connectivity index (χ1v) is 5.12. The number of hydrogen-bond donors (Lipinski definition) is 2. The van der Waals surface area contributed by atoms with Gasteiger partial charge in [-0.05, 0) is 31.4 Å². The fourth-order valence-corrected chi connectivity index (χ4v) is 1.68. The summed E-state index contributed by atoms with van der Waals surface area (Å²) in [7, 11) is 0. The van der Waals surface area contributed by atoms with Crippen molar-refractivity contribution < 1.29 is 18.3 Å². The minimum Gasteiger partial charge on any atom is -0.388 e. The normalized spacial score (nSPS) is 18.0. The highest BCUT2D eigenvalue weighted by atomic mass is 19.2. The van der Waals surface area contributed by atoms with Crippen molar-refractivity contribution >= 4 is 5.69 Å². The third kappa shape index (κ3) is 2.00. The monoisotopic (exact) mass is 231 g/mol. The zero-order chi connectivity index (χ0) is 11.8. The van der Waals surface area contributed by atoms with Crippen LogP contribution >= 0.6 is 0 Å². The standard InChI is InChI=1S/C11H12F3NO/c12-7-2-3-8(10(14)9(7)13)15-6-11(16)4-1-5-11/h2-3,15-16H,1,4-6H2. The van der Waals surface area contributed by atoms with E-state index in [4.69, 9.17) is 0 Å². The lowest BCUT2D eigenvalue weighted by Crippen LogP contribution is -2.43. The van der Waals surface area contributed by atoms with Gasteiger partial charge < -0.3 is 10.4 Å². The van der Waals surface area contributed by atoms with Crippen LogP contribution in [0.2, 0.25) is 0 Å². The Morgan fingerprint density at radius 1 is 1.19 bits per heavy atom. The predicted molar refractivity (Wildman–Crippen MR) is 53.6 cm³/mol. The molecule has 2 rings (SSSR count). The van der Waals surface area contributed by atoms with E-state index in [2.05, 4.69) is 5.32 Å². The van der Waals surface area contributed by atoms with Gasteiger partial charge in [-0.3, -0.25) is 0 Å². The fraction of sp³-hybridized carbons (Fsp3) is 0.455. The molecular formula is C11H12F3NO. The average molecular weight is 231 g/mol. The molecule has 0 radical (unpaired) electrons. The first-order valence-electron chi connectivity index (χ1n) is 5.12. The summed E-state index contributed by atoms with van der Waals surface area (Å²) in [4.78, 5) is 0. The van der Waals surface area contributed by atoms with Crippen molar-refractivity contribution in [2.45, 2.75) is 24.9 Å². The van der Waals surface area contributed by atoms with E-state index in [0.29, 0.717) is 12.8 Å². The summed E-state index contributed by atoms with van der Waals surface area (Å²) in [5.74, 6) is -3.96. The molecule has 2 N–H and O–H groups in total. The van der Waals surface area contributed by atoms with Crippen LogP contribution in [0.25, 0.3) is 0 Å². The molecule has 0 aromatic heterocycles. The maximum atomic E-state index is 13.2. The van der Waals surface area contributed by atoms with E-state index in [9.17, 15) is 18.3 Å². The second-order valence-corrected chi connectivity index (χ2v) is 4.15. The zero-order valence-electron chi connectivity index (χ0n) is 8.56. The van der Waals surface area contributed by atoms with E-state index in [1.807, 2.05) is 0 Å². The molecule has 2 nitrogen and oxygen atoms in total. The lowest BCUT2D eigenvalue weighted by Gasteiger charge is -2.36. The molecule has 1 fully saturated rings. The topological polar surface area (TPSA) is 32.3 Å². The third-order valence-corrected chi connectivity index (χ3v) is 2.93. The van der Waals surface area contributed by atoms with Crippen LogP contribution in [-0.4, -0.2) is 17.3 Å². The van der Waals surface area contributed by atoms with Crippen LogP contribution in [0.5, 0.6) is 0 Å². The molecule has 0 saturated heterocycles. The van der Waals surface area contributed by atoms with Gasteiger partial charge in [0.1, 0.15) is 0 Å². The number of hydrogen-bond acceptors (Lipinski definition) is 2. The maximum Gasteiger partial charge on any atom is 0.196 e. The minimum absolute atomic E-state index is 0.126. The molecule has 16 heavy (non-hydrogen) atoms. The number of benzene rings is 1.